The molecule has 162 valence electrons. The van der Waals surface area contributed by atoms with Gasteiger partial charge in [0.2, 0.25) is 0 Å². The van der Waals surface area contributed by atoms with Crippen LogP contribution in [0.15, 0.2) is 23.3 Å². The van der Waals surface area contributed by atoms with E-state index < -0.39 is 17.8 Å². The molecule has 6 atom stereocenters. The van der Waals surface area contributed by atoms with E-state index in [1.807, 2.05) is 0 Å². The summed E-state index contributed by atoms with van der Waals surface area (Å²) in [7, 11) is 0. The summed E-state index contributed by atoms with van der Waals surface area (Å²) >= 11 is 0. The first-order valence-electron chi connectivity index (χ1n) is 11.6. The lowest BCUT2D eigenvalue weighted by molar-refractivity contribution is 0.0609. The van der Waals surface area contributed by atoms with Gasteiger partial charge in [-0.25, -0.2) is 0 Å². The van der Waals surface area contributed by atoms with E-state index in [0.29, 0.717) is 42.4 Å². The van der Waals surface area contributed by atoms with Crippen LogP contribution in [0.2, 0.25) is 0 Å². The predicted octanol–water partition coefficient (Wildman–Crippen LogP) is 4.76. The minimum absolute atomic E-state index is 0.337. The van der Waals surface area contributed by atoms with Crippen LogP contribution in [0.25, 0.3) is 0 Å². The number of rotatable bonds is 3. The maximum atomic E-state index is 9.95. The lowest BCUT2D eigenvalue weighted by atomic mass is 9.61. The van der Waals surface area contributed by atoms with Gasteiger partial charge >= 0.3 is 0 Å². The molecule has 3 rings (SSSR count). The van der Waals surface area contributed by atoms with Crippen molar-refractivity contribution in [3.8, 4) is 11.8 Å². The largest absolute Gasteiger partial charge is 0.393 e. The van der Waals surface area contributed by atoms with Crippen molar-refractivity contribution in [2.24, 2.45) is 23.2 Å². The van der Waals surface area contributed by atoms with Gasteiger partial charge in [-0.2, -0.15) is 0 Å². The normalized spacial score (nSPS) is 39.1. The van der Waals surface area contributed by atoms with Crippen LogP contribution in [-0.4, -0.2) is 33.1 Å². The zero-order chi connectivity index (χ0) is 21.2. The van der Waals surface area contributed by atoms with E-state index in [2.05, 4.69) is 37.8 Å². The van der Waals surface area contributed by atoms with E-state index in [0.717, 1.165) is 6.42 Å². The summed E-state index contributed by atoms with van der Waals surface area (Å²) < 4.78 is 0. The molecule has 0 unspecified atom stereocenters. The summed E-state index contributed by atoms with van der Waals surface area (Å²) in [6.07, 6.45) is 12.7. The third-order valence-electron chi connectivity index (χ3n) is 7.62. The number of hydrogen-bond acceptors (Lipinski definition) is 3. The molecule has 3 saturated carbocycles. The van der Waals surface area contributed by atoms with Crippen molar-refractivity contribution in [3.05, 3.63) is 23.3 Å². The summed E-state index contributed by atoms with van der Waals surface area (Å²) in [5.41, 5.74) is 2.18. The van der Waals surface area contributed by atoms with E-state index in [9.17, 15) is 15.3 Å². The second kappa shape index (κ2) is 8.96. The standard InChI is InChI=1S/C26H40O3/c1-18(7-5-13-25(2,3)29)23-11-12-24-20(8-6-14-26(23,24)4)10-9-19-15-21(27)17-22(28)16-19/h9-10,18,21-24,27-29H,6-8,11-12,14-17H2,1-4H3/b19-9?,20-10+/t18-,21-,22+,23-,24-,26-/m1/s1. The Labute approximate surface area is 177 Å². The second-order valence-corrected chi connectivity index (χ2v) is 10.7. The number of aliphatic hydroxyl groups is 3. The van der Waals surface area contributed by atoms with Gasteiger partial charge < -0.3 is 15.3 Å². The number of aliphatic hydroxyl groups excluding tert-OH is 2. The number of allylic oxidation sites excluding steroid dienone is 3. The highest BCUT2D eigenvalue weighted by Gasteiger charge is 2.50. The van der Waals surface area contributed by atoms with Crippen LogP contribution < -0.4 is 0 Å². The maximum absolute atomic E-state index is 9.95. The van der Waals surface area contributed by atoms with E-state index in [1.165, 1.54) is 37.7 Å². The van der Waals surface area contributed by atoms with Gasteiger partial charge in [-0.15, -0.1) is 5.92 Å². The summed E-state index contributed by atoms with van der Waals surface area (Å²) in [6.45, 7) is 8.31. The summed E-state index contributed by atoms with van der Waals surface area (Å²) in [5, 5.41) is 29.7. The first kappa shape index (κ1) is 22.6. The molecule has 3 N–H and O–H groups in total. The minimum atomic E-state index is -0.906. The van der Waals surface area contributed by atoms with Crippen LogP contribution in [0, 0.1) is 35.0 Å². The lowest BCUT2D eigenvalue weighted by Gasteiger charge is -2.44. The predicted molar refractivity (Wildman–Crippen MR) is 118 cm³/mol. The Morgan fingerprint density at radius 2 is 1.86 bits per heavy atom. The molecule has 3 aliphatic rings. The van der Waals surface area contributed by atoms with Crippen LogP contribution in [0.1, 0.15) is 85.5 Å². The van der Waals surface area contributed by atoms with Crippen LogP contribution in [-0.2, 0) is 0 Å². The topological polar surface area (TPSA) is 60.7 Å². The minimum Gasteiger partial charge on any atom is -0.393 e. The zero-order valence-corrected chi connectivity index (χ0v) is 18.7. The van der Waals surface area contributed by atoms with Crippen molar-refractivity contribution in [1.82, 2.24) is 0 Å². The smallest absolute Gasteiger partial charge is 0.119 e. The number of fused-ring (bicyclic) bond motifs is 1. The van der Waals surface area contributed by atoms with Crippen molar-refractivity contribution in [2.45, 2.75) is 103 Å². The summed E-state index contributed by atoms with van der Waals surface area (Å²) in [6, 6.07) is 0. The molecule has 0 heterocycles. The van der Waals surface area contributed by atoms with Gasteiger partial charge in [0.25, 0.3) is 0 Å². The van der Waals surface area contributed by atoms with Crippen LogP contribution in [0.4, 0.5) is 0 Å². The highest BCUT2D eigenvalue weighted by Crippen LogP contribution is 2.59. The molecule has 0 aromatic heterocycles. The molecular formula is C26H40O3. The first-order valence-corrected chi connectivity index (χ1v) is 11.6. The van der Waals surface area contributed by atoms with Gasteiger partial charge in [-0.3, -0.25) is 0 Å². The third kappa shape index (κ3) is 5.54. The Morgan fingerprint density at radius 3 is 2.52 bits per heavy atom. The molecule has 29 heavy (non-hydrogen) atoms. The molecular weight excluding hydrogens is 360 g/mol. The van der Waals surface area contributed by atoms with Gasteiger partial charge in [-0.05, 0) is 88.4 Å². The quantitative estimate of drug-likeness (QED) is 0.599. The zero-order valence-electron chi connectivity index (χ0n) is 18.7. The second-order valence-electron chi connectivity index (χ2n) is 10.7. The van der Waals surface area contributed by atoms with Crippen molar-refractivity contribution < 1.29 is 15.3 Å². The van der Waals surface area contributed by atoms with Gasteiger partial charge in [-0.1, -0.05) is 43.1 Å². The van der Waals surface area contributed by atoms with Crippen molar-refractivity contribution >= 4 is 0 Å². The number of hydrogen-bond donors (Lipinski definition) is 3. The fourth-order valence-electron chi connectivity index (χ4n) is 6.32. The molecule has 0 aromatic carbocycles. The van der Waals surface area contributed by atoms with Crippen molar-refractivity contribution in [1.29, 1.82) is 0 Å². The fraction of sp³-hybridized carbons (Fsp3) is 0.769. The molecule has 0 saturated heterocycles. The monoisotopic (exact) mass is 400 g/mol. The molecule has 0 amide bonds. The Bertz CT molecular complexity index is 690. The molecule has 3 heteroatoms. The molecule has 0 bridgehead atoms. The average molecular weight is 401 g/mol. The first-order chi connectivity index (χ1) is 13.6. The van der Waals surface area contributed by atoms with Gasteiger partial charge in [0, 0.05) is 6.42 Å². The van der Waals surface area contributed by atoms with Gasteiger partial charge in [0.1, 0.15) is 5.60 Å². The SMILES string of the molecule is C[C@H](CC#CC(C)(C)O)[C@H]1CC[C@@H]2/C(=C/C=C3C[C@@H](O)C[C@@H](O)C3)CCC[C@@]21C. The van der Waals surface area contributed by atoms with Crippen LogP contribution in [0.5, 0.6) is 0 Å². The molecule has 0 aliphatic heterocycles. The van der Waals surface area contributed by atoms with Crippen molar-refractivity contribution in [2.75, 3.05) is 0 Å². The van der Waals surface area contributed by atoms with E-state index in [1.54, 1.807) is 19.4 Å². The summed E-state index contributed by atoms with van der Waals surface area (Å²) in [4.78, 5) is 0. The Hall–Kier alpha value is -1.08. The third-order valence-corrected chi connectivity index (χ3v) is 7.62. The molecule has 0 aromatic rings. The molecule has 0 radical (unpaired) electrons. The molecule has 3 fully saturated rings. The van der Waals surface area contributed by atoms with E-state index in [-0.39, 0.29) is 0 Å². The highest BCUT2D eigenvalue weighted by atomic mass is 16.3. The molecule has 3 nitrogen and oxygen atoms in total. The average Bonchev–Trinajstić information content (AvgIpc) is 2.95. The molecule has 0 spiro atoms. The fourth-order valence-corrected chi connectivity index (χ4v) is 6.32. The van der Waals surface area contributed by atoms with E-state index in [4.69, 9.17) is 0 Å². The van der Waals surface area contributed by atoms with Crippen LogP contribution >= 0.6 is 0 Å². The van der Waals surface area contributed by atoms with E-state index >= 15 is 0 Å². The highest BCUT2D eigenvalue weighted by molar-refractivity contribution is 5.26. The van der Waals surface area contributed by atoms with Gasteiger partial charge in [0.05, 0.1) is 12.2 Å². The van der Waals surface area contributed by atoms with Gasteiger partial charge in [0.15, 0.2) is 0 Å². The van der Waals surface area contributed by atoms with Crippen LogP contribution in [0.3, 0.4) is 0 Å². The Balaban J connectivity index is 1.71. The maximum Gasteiger partial charge on any atom is 0.119 e. The lowest BCUT2D eigenvalue weighted by Crippen LogP contribution is -2.36. The summed E-state index contributed by atoms with van der Waals surface area (Å²) in [5.74, 6) is 8.07. The molecule has 3 aliphatic carbocycles. The van der Waals surface area contributed by atoms with Crippen molar-refractivity contribution in [3.63, 3.8) is 0 Å². The Kier molecular flexibility index (Phi) is 6.99. The Morgan fingerprint density at radius 1 is 1.17 bits per heavy atom.